The molecule has 3 nitrogen and oxygen atoms in total. The summed E-state index contributed by atoms with van der Waals surface area (Å²) in [6.07, 6.45) is 3.45. The lowest BCUT2D eigenvalue weighted by molar-refractivity contribution is 1.24. The lowest BCUT2D eigenvalue weighted by atomic mass is 10.3. The van der Waals surface area contributed by atoms with Gasteiger partial charge in [0.05, 0.1) is 11.9 Å². The Hall–Kier alpha value is -1.25. The summed E-state index contributed by atoms with van der Waals surface area (Å²) >= 11 is 0. The van der Waals surface area contributed by atoms with E-state index in [0.29, 0.717) is 0 Å². The van der Waals surface area contributed by atoms with E-state index in [-0.39, 0.29) is 0 Å². The number of aromatic nitrogens is 1. The first kappa shape index (κ1) is 9.75. The van der Waals surface area contributed by atoms with E-state index in [9.17, 15) is 0 Å². The monoisotopic (exact) mass is 153 g/mol. The summed E-state index contributed by atoms with van der Waals surface area (Å²) in [4.78, 5) is 2.98. The second-order valence-corrected chi connectivity index (χ2v) is 1.85. The Morgan fingerprint density at radius 3 is 2.55 bits per heavy atom. The smallest absolute Gasteiger partial charge is 0.0703 e. The molecule has 1 aromatic rings. The standard InChI is InChI=1S/C6H9N3.C2H6/c1-5-2-3-8-6(5)4-9-7;1-2/h2-4,8H,7H2,1H3;1-2H3/b9-4-;. The van der Waals surface area contributed by atoms with Crippen molar-refractivity contribution in [3.63, 3.8) is 0 Å². The van der Waals surface area contributed by atoms with E-state index in [1.54, 1.807) is 6.21 Å². The van der Waals surface area contributed by atoms with Crippen molar-refractivity contribution in [2.24, 2.45) is 10.9 Å². The average Bonchev–Trinajstić information content (AvgIpc) is 2.42. The molecule has 0 aliphatic heterocycles. The number of hydrazone groups is 1. The van der Waals surface area contributed by atoms with Crippen LogP contribution in [0.15, 0.2) is 17.4 Å². The van der Waals surface area contributed by atoms with Gasteiger partial charge in [-0.25, -0.2) is 0 Å². The van der Waals surface area contributed by atoms with Crippen LogP contribution in [0.2, 0.25) is 0 Å². The molecule has 3 N–H and O–H groups in total. The van der Waals surface area contributed by atoms with Gasteiger partial charge in [-0.15, -0.1) is 0 Å². The molecule has 0 aliphatic rings. The second kappa shape index (κ2) is 5.53. The number of hydrogen-bond donors (Lipinski definition) is 2. The number of nitrogens with zero attached hydrogens (tertiary/aromatic N) is 1. The van der Waals surface area contributed by atoms with Gasteiger partial charge in [-0.1, -0.05) is 13.8 Å². The maximum absolute atomic E-state index is 4.94. The second-order valence-electron chi connectivity index (χ2n) is 1.85. The van der Waals surface area contributed by atoms with Crippen LogP contribution in [0.1, 0.15) is 25.1 Å². The Bertz CT molecular complexity index is 213. The van der Waals surface area contributed by atoms with E-state index in [0.717, 1.165) is 11.3 Å². The summed E-state index contributed by atoms with van der Waals surface area (Å²) in [7, 11) is 0. The molecule has 62 valence electrons. The van der Waals surface area contributed by atoms with Crippen molar-refractivity contribution in [1.29, 1.82) is 0 Å². The molecule has 0 aliphatic carbocycles. The highest BCUT2D eigenvalue weighted by Crippen LogP contribution is 1.99. The molecular formula is C8H15N3. The van der Waals surface area contributed by atoms with Gasteiger partial charge in [0.2, 0.25) is 0 Å². The van der Waals surface area contributed by atoms with E-state index < -0.39 is 0 Å². The zero-order valence-electron chi connectivity index (χ0n) is 7.26. The lowest BCUT2D eigenvalue weighted by Gasteiger charge is -1.85. The van der Waals surface area contributed by atoms with Crippen LogP contribution >= 0.6 is 0 Å². The van der Waals surface area contributed by atoms with Crippen LogP contribution in [-0.2, 0) is 0 Å². The lowest BCUT2D eigenvalue weighted by Crippen LogP contribution is -1.87. The van der Waals surface area contributed by atoms with Crippen LogP contribution < -0.4 is 5.84 Å². The Kier molecular flexibility index (Phi) is 4.90. The molecule has 0 radical (unpaired) electrons. The van der Waals surface area contributed by atoms with Crippen molar-refractivity contribution in [3.8, 4) is 0 Å². The Morgan fingerprint density at radius 1 is 1.55 bits per heavy atom. The molecule has 0 amide bonds. The number of nitrogens with two attached hydrogens (primary N) is 1. The summed E-state index contributed by atoms with van der Waals surface area (Å²) in [5, 5.41) is 3.38. The average molecular weight is 153 g/mol. The minimum absolute atomic E-state index is 0.970. The van der Waals surface area contributed by atoms with Crippen molar-refractivity contribution in [3.05, 3.63) is 23.5 Å². The van der Waals surface area contributed by atoms with Crippen LogP contribution in [0.25, 0.3) is 0 Å². The van der Waals surface area contributed by atoms with Crippen LogP contribution in [0, 0.1) is 6.92 Å². The topological polar surface area (TPSA) is 54.2 Å². The molecular weight excluding hydrogens is 138 g/mol. The van der Waals surface area contributed by atoms with Crippen LogP contribution in [-0.4, -0.2) is 11.2 Å². The first-order chi connectivity index (χ1) is 5.34. The first-order valence-corrected chi connectivity index (χ1v) is 3.72. The number of hydrogen-bond acceptors (Lipinski definition) is 2. The van der Waals surface area contributed by atoms with Crippen LogP contribution in [0.5, 0.6) is 0 Å². The third-order valence-corrected chi connectivity index (χ3v) is 1.20. The van der Waals surface area contributed by atoms with E-state index in [4.69, 9.17) is 5.84 Å². The summed E-state index contributed by atoms with van der Waals surface area (Å²) in [5.74, 6) is 4.94. The zero-order chi connectivity index (χ0) is 8.69. The van der Waals surface area contributed by atoms with E-state index >= 15 is 0 Å². The van der Waals surface area contributed by atoms with Crippen molar-refractivity contribution >= 4 is 6.21 Å². The van der Waals surface area contributed by atoms with Gasteiger partial charge in [-0.3, -0.25) is 0 Å². The molecule has 0 spiro atoms. The molecule has 0 saturated carbocycles. The van der Waals surface area contributed by atoms with Gasteiger partial charge in [-0.2, -0.15) is 5.10 Å². The minimum Gasteiger partial charge on any atom is -0.360 e. The van der Waals surface area contributed by atoms with E-state index in [2.05, 4.69) is 10.1 Å². The third-order valence-electron chi connectivity index (χ3n) is 1.20. The molecule has 11 heavy (non-hydrogen) atoms. The number of rotatable bonds is 1. The normalized spacial score (nSPS) is 9.36. The molecule has 1 heterocycles. The van der Waals surface area contributed by atoms with Gasteiger partial charge in [0.15, 0.2) is 0 Å². The number of nitrogens with one attached hydrogen (secondary N) is 1. The fraction of sp³-hybridized carbons (Fsp3) is 0.375. The SMILES string of the molecule is CC.Cc1cc[nH]c1/C=N\N. The van der Waals surface area contributed by atoms with Gasteiger partial charge in [0.1, 0.15) is 0 Å². The van der Waals surface area contributed by atoms with Crippen molar-refractivity contribution in [2.45, 2.75) is 20.8 Å². The number of aromatic amines is 1. The predicted octanol–water partition coefficient (Wildman–Crippen LogP) is 1.64. The van der Waals surface area contributed by atoms with Crippen LogP contribution in [0.3, 0.4) is 0 Å². The summed E-state index contributed by atoms with van der Waals surface area (Å²) < 4.78 is 0. The minimum atomic E-state index is 0.970. The quantitative estimate of drug-likeness (QED) is 0.359. The van der Waals surface area contributed by atoms with Crippen LogP contribution in [0.4, 0.5) is 0 Å². The van der Waals surface area contributed by atoms with Gasteiger partial charge in [0.25, 0.3) is 0 Å². The van der Waals surface area contributed by atoms with Crippen molar-refractivity contribution in [2.75, 3.05) is 0 Å². The maximum Gasteiger partial charge on any atom is 0.0703 e. The molecule has 3 heteroatoms. The number of H-pyrrole nitrogens is 1. The molecule has 1 rings (SSSR count). The molecule has 0 atom stereocenters. The summed E-state index contributed by atoms with van der Waals surface area (Å²) in [6.45, 7) is 5.99. The fourth-order valence-corrected chi connectivity index (χ4v) is 0.674. The summed E-state index contributed by atoms with van der Waals surface area (Å²) in [5.41, 5.74) is 2.13. The van der Waals surface area contributed by atoms with Gasteiger partial charge in [0, 0.05) is 6.20 Å². The van der Waals surface area contributed by atoms with Crippen molar-refractivity contribution in [1.82, 2.24) is 4.98 Å². The Labute approximate surface area is 67.3 Å². The van der Waals surface area contributed by atoms with Gasteiger partial charge >= 0.3 is 0 Å². The highest BCUT2D eigenvalue weighted by molar-refractivity contribution is 5.78. The third kappa shape index (κ3) is 2.89. The fourth-order valence-electron chi connectivity index (χ4n) is 0.674. The number of aryl methyl sites for hydroxylation is 1. The highest BCUT2D eigenvalue weighted by Gasteiger charge is 1.91. The van der Waals surface area contributed by atoms with Crippen molar-refractivity contribution < 1.29 is 0 Å². The molecule has 0 bridgehead atoms. The van der Waals surface area contributed by atoms with E-state index in [1.165, 1.54) is 0 Å². The molecule has 0 aromatic carbocycles. The van der Waals surface area contributed by atoms with E-state index in [1.807, 2.05) is 33.0 Å². The van der Waals surface area contributed by atoms with Gasteiger partial charge in [-0.05, 0) is 18.6 Å². The molecule has 0 saturated heterocycles. The summed E-state index contributed by atoms with van der Waals surface area (Å²) in [6, 6.07) is 1.97. The molecule has 1 aromatic heterocycles. The Balaban J connectivity index is 0.000000461. The first-order valence-electron chi connectivity index (χ1n) is 3.72. The largest absolute Gasteiger partial charge is 0.360 e. The molecule has 0 unspecified atom stereocenters. The molecule has 0 fully saturated rings. The maximum atomic E-state index is 4.94. The Morgan fingerprint density at radius 2 is 2.18 bits per heavy atom. The van der Waals surface area contributed by atoms with Gasteiger partial charge < -0.3 is 10.8 Å². The predicted molar refractivity (Wildman–Crippen MR) is 48.7 cm³/mol. The highest BCUT2D eigenvalue weighted by atomic mass is 15.1. The zero-order valence-corrected chi connectivity index (χ0v) is 7.26.